The van der Waals surface area contributed by atoms with Gasteiger partial charge in [-0.2, -0.15) is 0 Å². The first-order valence-electron chi connectivity index (χ1n) is 4.73. The third-order valence-electron chi connectivity index (χ3n) is 1.90. The largest absolute Gasteiger partial charge is 0.469 e. The average Bonchev–Trinajstić information content (AvgIpc) is 2.63. The van der Waals surface area contributed by atoms with Gasteiger partial charge in [0.2, 0.25) is 0 Å². The van der Waals surface area contributed by atoms with Crippen LogP contribution in [0.5, 0.6) is 0 Å². The van der Waals surface area contributed by atoms with Gasteiger partial charge in [0.15, 0.2) is 0 Å². The van der Waals surface area contributed by atoms with Crippen molar-refractivity contribution < 1.29 is 9.53 Å². The molecule has 0 amide bonds. The van der Waals surface area contributed by atoms with Crippen molar-refractivity contribution >= 4 is 33.2 Å². The fourth-order valence-electron chi connectivity index (χ4n) is 1.11. The molecular weight excluding hydrogens is 278 g/mol. The molecule has 0 spiro atoms. The standard InChI is InChI=1S/C10H14BrNO2S/c1-14-10(13)3-5-12-4-2-9-6-8(11)7-15-9/h6-7,12H,2-5H2,1H3. The minimum atomic E-state index is -0.165. The number of hydrogen-bond donors (Lipinski definition) is 1. The number of rotatable bonds is 6. The highest BCUT2D eigenvalue weighted by Gasteiger charge is 2.00. The van der Waals surface area contributed by atoms with E-state index in [0.29, 0.717) is 13.0 Å². The topological polar surface area (TPSA) is 38.3 Å². The lowest BCUT2D eigenvalue weighted by Crippen LogP contribution is -2.21. The predicted molar refractivity (Wildman–Crippen MR) is 65.2 cm³/mol. The van der Waals surface area contributed by atoms with Crippen LogP contribution in [-0.4, -0.2) is 26.2 Å². The summed E-state index contributed by atoms with van der Waals surface area (Å²) in [6.07, 6.45) is 1.43. The Hall–Kier alpha value is -0.390. The molecule has 0 unspecified atom stereocenters. The normalized spacial score (nSPS) is 10.3. The van der Waals surface area contributed by atoms with Crippen LogP contribution in [0.25, 0.3) is 0 Å². The van der Waals surface area contributed by atoms with Crippen molar-refractivity contribution in [1.82, 2.24) is 5.32 Å². The van der Waals surface area contributed by atoms with E-state index < -0.39 is 0 Å². The van der Waals surface area contributed by atoms with Gasteiger partial charge in [-0.1, -0.05) is 0 Å². The van der Waals surface area contributed by atoms with Gasteiger partial charge in [-0.3, -0.25) is 4.79 Å². The molecule has 3 nitrogen and oxygen atoms in total. The van der Waals surface area contributed by atoms with E-state index >= 15 is 0 Å². The van der Waals surface area contributed by atoms with Gasteiger partial charge in [0.05, 0.1) is 13.5 Å². The average molecular weight is 292 g/mol. The molecule has 0 saturated heterocycles. The van der Waals surface area contributed by atoms with Crippen molar-refractivity contribution in [2.45, 2.75) is 12.8 Å². The van der Waals surface area contributed by atoms with E-state index in [0.717, 1.165) is 17.4 Å². The quantitative estimate of drug-likeness (QED) is 0.645. The maximum absolute atomic E-state index is 10.8. The van der Waals surface area contributed by atoms with E-state index in [1.165, 1.54) is 12.0 Å². The first-order chi connectivity index (χ1) is 7.22. The van der Waals surface area contributed by atoms with Crippen LogP contribution in [0.2, 0.25) is 0 Å². The summed E-state index contributed by atoms with van der Waals surface area (Å²) < 4.78 is 5.67. The van der Waals surface area contributed by atoms with Crippen LogP contribution >= 0.6 is 27.3 Å². The molecule has 1 heterocycles. The molecule has 0 bridgehead atoms. The second kappa shape index (κ2) is 6.98. The summed E-state index contributed by atoms with van der Waals surface area (Å²) in [5.41, 5.74) is 0. The minimum Gasteiger partial charge on any atom is -0.469 e. The summed E-state index contributed by atoms with van der Waals surface area (Å²) in [6, 6.07) is 2.12. The number of carbonyl (C=O) groups is 1. The summed E-state index contributed by atoms with van der Waals surface area (Å²) in [5, 5.41) is 5.27. The zero-order valence-electron chi connectivity index (χ0n) is 8.59. The Kier molecular flexibility index (Phi) is 5.90. The van der Waals surface area contributed by atoms with E-state index in [9.17, 15) is 4.79 Å². The van der Waals surface area contributed by atoms with E-state index in [-0.39, 0.29) is 5.97 Å². The highest BCUT2D eigenvalue weighted by atomic mass is 79.9. The van der Waals surface area contributed by atoms with Gasteiger partial charge >= 0.3 is 5.97 Å². The second-order valence-corrected chi connectivity index (χ2v) is 4.97. The maximum atomic E-state index is 10.8. The predicted octanol–water partition coefficient (Wildman–Crippen LogP) is 2.21. The Morgan fingerprint density at radius 2 is 2.40 bits per heavy atom. The highest BCUT2D eigenvalue weighted by molar-refractivity contribution is 9.10. The Bertz CT molecular complexity index is 314. The molecule has 0 radical (unpaired) electrons. The molecule has 0 fully saturated rings. The van der Waals surface area contributed by atoms with Crippen LogP contribution in [-0.2, 0) is 16.0 Å². The number of methoxy groups -OCH3 is 1. The molecular formula is C10H14BrNO2S. The fourth-order valence-corrected chi connectivity index (χ4v) is 2.57. The van der Waals surface area contributed by atoms with Gasteiger partial charge in [0.1, 0.15) is 0 Å². The monoisotopic (exact) mass is 291 g/mol. The Labute approximate surface area is 102 Å². The van der Waals surface area contributed by atoms with Gasteiger partial charge in [0.25, 0.3) is 0 Å². The summed E-state index contributed by atoms with van der Waals surface area (Å²) in [6.45, 7) is 1.57. The summed E-state index contributed by atoms with van der Waals surface area (Å²) in [7, 11) is 1.41. The number of halogens is 1. The molecule has 1 aromatic heterocycles. The molecule has 15 heavy (non-hydrogen) atoms. The molecule has 1 rings (SSSR count). The minimum absolute atomic E-state index is 0.165. The maximum Gasteiger partial charge on any atom is 0.306 e. The molecule has 0 saturated carbocycles. The fraction of sp³-hybridized carbons (Fsp3) is 0.500. The first kappa shape index (κ1) is 12.7. The summed E-state index contributed by atoms with van der Waals surface area (Å²) in [4.78, 5) is 12.1. The number of thiophene rings is 1. The zero-order valence-corrected chi connectivity index (χ0v) is 11.0. The van der Waals surface area contributed by atoms with Crippen molar-refractivity contribution in [2.75, 3.05) is 20.2 Å². The van der Waals surface area contributed by atoms with Crippen LogP contribution in [0.3, 0.4) is 0 Å². The van der Waals surface area contributed by atoms with Crippen LogP contribution in [0.4, 0.5) is 0 Å². The van der Waals surface area contributed by atoms with Gasteiger partial charge in [0, 0.05) is 21.3 Å². The van der Waals surface area contributed by atoms with Gasteiger partial charge in [-0.05, 0) is 35.0 Å². The molecule has 0 aliphatic rings. The number of nitrogens with one attached hydrogen (secondary N) is 1. The molecule has 0 aliphatic heterocycles. The van der Waals surface area contributed by atoms with Gasteiger partial charge in [-0.25, -0.2) is 0 Å². The molecule has 5 heteroatoms. The Morgan fingerprint density at radius 3 is 3.00 bits per heavy atom. The zero-order chi connectivity index (χ0) is 11.1. The molecule has 0 aliphatic carbocycles. The first-order valence-corrected chi connectivity index (χ1v) is 6.40. The van der Waals surface area contributed by atoms with Crippen LogP contribution in [0.1, 0.15) is 11.3 Å². The van der Waals surface area contributed by atoms with Crippen LogP contribution in [0.15, 0.2) is 15.9 Å². The van der Waals surface area contributed by atoms with Crippen LogP contribution in [0, 0.1) is 0 Å². The van der Waals surface area contributed by atoms with Crippen molar-refractivity contribution in [3.63, 3.8) is 0 Å². The van der Waals surface area contributed by atoms with Gasteiger partial charge < -0.3 is 10.1 Å². The van der Waals surface area contributed by atoms with E-state index in [1.54, 1.807) is 11.3 Å². The third kappa shape index (κ3) is 5.30. The molecule has 0 atom stereocenters. The molecule has 84 valence electrons. The second-order valence-electron chi connectivity index (χ2n) is 3.06. The molecule has 1 N–H and O–H groups in total. The SMILES string of the molecule is COC(=O)CCNCCc1cc(Br)cs1. The van der Waals surface area contributed by atoms with E-state index in [4.69, 9.17) is 0 Å². The summed E-state index contributed by atoms with van der Waals surface area (Å²) >= 11 is 5.15. The van der Waals surface area contributed by atoms with E-state index in [1.807, 2.05) is 0 Å². The number of carbonyl (C=O) groups excluding carboxylic acids is 1. The number of esters is 1. The lowest BCUT2D eigenvalue weighted by Gasteiger charge is -2.02. The highest BCUT2D eigenvalue weighted by Crippen LogP contribution is 2.19. The third-order valence-corrected chi connectivity index (χ3v) is 3.66. The molecule has 0 aromatic carbocycles. The van der Waals surface area contributed by atoms with Crippen molar-refractivity contribution in [3.8, 4) is 0 Å². The van der Waals surface area contributed by atoms with Crippen molar-refractivity contribution in [2.24, 2.45) is 0 Å². The smallest absolute Gasteiger partial charge is 0.306 e. The van der Waals surface area contributed by atoms with Crippen LogP contribution < -0.4 is 5.32 Å². The lowest BCUT2D eigenvalue weighted by atomic mass is 10.3. The Balaban J connectivity index is 2.05. The van der Waals surface area contributed by atoms with Crippen molar-refractivity contribution in [1.29, 1.82) is 0 Å². The number of ether oxygens (including phenoxy) is 1. The van der Waals surface area contributed by atoms with Crippen molar-refractivity contribution in [3.05, 3.63) is 20.8 Å². The molecule has 1 aromatic rings. The van der Waals surface area contributed by atoms with Gasteiger partial charge in [-0.15, -0.1) is 11.3 Å². The Morgan fingerprint density at radius 1 is 1.60 bits per heavy atom. The summed E-state index contributed by atoms with van der Waals surface area (Å²) in [5.74, 6) is -0.165. The van der Waals surface area contributed by atoms with E-state index in [2.05, 4.69) is 37.4 Å². The lowest BCUT2D eigenvalue weighted by molar-refractivity contribution is -0.140. The number of hydrogen-bond acceptors (Lipinski definition) is 4.